The van der Waals surface area contributed by atoms with Gasteiger partial charge in [-0.25, -0.2) is 4.79 Å². The van der Waals surface area contributed by atoms with Crippen LogP contribution in [0.4, 0.5) is 0 Å². The maximum absolute atomic E-state index is 12.2. The summed E-state index contributed by atoms with van der Waals surface area (Å²) in [5.74, 6) is 3.38. The van der Waals surface area contributed by atoms with Gasteiger partial charge < -0.3 is 9.84 Å². The van der Waals surface area contributed by atoms with Crippen molar-refractivity contribution in [1.29, 1.82) is 0 Å². The van der Waals surface area contributed by atoms with Crippen molar-refractivity contribution in [3.63, 3.8) is 0 Å². The van der Waals surface area contributed by atoms with Crippen LogP contribution >= 0.6 is 0 Å². The molecule has 0 radical (unpaired) electrons. The molecule has 7 heteroatoms. The maximum Gasteiger partial charge on any atom is 0.368 e. The number of phenolic OH excluding ortho intramolecular Hbond substituents is 1. The first-order valence-corrected chi connectivity index (χ1v) is 7.51. The first kappa shape index (κ1) is 16.3. The smallest absolute Gasteiger partial charge is 0.368 e. The zero-order valence-corrected chi connectivity index (χ0v) is 13.8. The molecule has 126 valence electrons. The predicted octanol–water partition coefficient (Wildman–Crippen LogP) is 1.54. The minimum absolute atomic E-state index is 0.143. The number of aryl methyl sites for hydroxylation is 2. The van der Waals surface area contributed by atoms with Gasteiger partial charge >= 0.3 is 5.69 Å². The predicted molar refractivity (Wildman–Crippen MR) is 91.7 cm³/mol. The molecule has 1 N–H and O–H groups in total. The second-order valence-electron chi connectivity index (χ2n) is 5.48. The molecule has 0 saturated carbocycles. The average molecular weight is 336 g/mol. The Kier molecular flexibility index (Phi) is 4.27. The number of ether oxygens (including phenoxy) is 1. The van der Waals surface area contributed by atoms with Gasteiger partial charge in [0.05, 0.1) is 5.69 Å². The Bertz CT molecular complexity index is 1030. The van der Waals surface area contributed by atoms with E-state index in [1.54, 1.807) is 36.4 Å². The zero-order valence-electron chi connectivity index (χ0n) is 13.8. The molecule has 3 aromatic rings. The van der Waals surface area contributed by atoms with Gasteiger partial charge in [0.2, 0.25) is 0 Å². The summed E-state index contributed by atoms with van der Waals surface area (Å²) in [4.78, 5) is 12.2. The lowest BCUT2D eigenvalue weighted by Crippen LogP contribution is -2.23. The highest BCUT2D eigenvalue weighted by Crippen LogP contribution is 2.25. The molecule has 0 bridgehead atoms. The first-order valence-electron chi connectivity index (χ1n) is 7.51. The van der Waals surface area contributed by atoms with Gasteiger partial charge in [-0.15, -0.1) is 6.42 Å². The molecule has 0 aliphatic carbocycles. The number of phenols is 1. The van der Waals surface area contributed by atoms with Crippen molar-refractivity contribution < 1.29 is 9.84 Å². The minimum Gasteiger partial charge on any atom is -0.508 e. The van der Waals surface area contributed by atoms with Crippen LogP contribution in [0.1, 0.15) is 16.7 Å². The third-order valence-corrected chi connectivity index (χ3v) is 3.79. The molecule has 1 heterocycles. The van der Waals surface area contributed by atoms with Gasteiger partial charge in [-0.05, 0) is 53.2 Å². The average Bonchev–Trinajstić information content (AvgIpc) is 2.93. The Morgan fingerprint density at radius 2 is 2.08 bits per heavy atom. The number of nitrogens with zero attached hydrogens (tertiary/aromatic N) is 4. The Hall–Kier alpha value is -3.53. The second kappa shape index (κ2) is 6.53. The van der Waals surface area contributed by atoms with E-state index in [2.05, 4.69) is 16.3 Å². The number of hydrogen-bond acceptors (Lipinski definition) is 5. The van der Waals surface area contributed by atoms with E-state index in [4.69, 9.17) is 11.2 Å². The quantitative estimate of drug-likeness (QED) is 0.731. The largest absolute Gasteiger partial charge is 0.508 e. The van der Waals surface area contributed by atoms with Crippen LogP contribution in [0.3, 0.4) is 0 Å². The van der Waals surface area contributed by atoms with Crippen molar-refractivity contribution in [2.24, 2.45) is 7.05 Å². The summed E-state index contributed by atoms with van der Waals surface area (Å²) in [6.45, 7) is 1.97. The van der Waals surface area contributed by atoms with E-state index in [9.17, 15) is 9.90 Å². The third kappa shape index (κ3) is 3.10. The maximum atomic E-state index is 12.2. The number of hydrogen-bond donors (Lipinski definition) is 1. The van der Waals surface area contributed by atoms with E-state index in [1.807, 2.05) is 6.92 Å². The zero-order chi connectivity index (χ0) is 18.0. The van der Waals surface area contributed by atoms with Crippen LogP contribution in [0, 0.1) is 19.3 Å². The van der Waals surface area contributed by atoms with Crippen molar-refractivity contribution in [3.05, 3.63) is 63.6 Å². The number of aromatic nitrogens is 4. The van der Waals surface area contributed by atoms with Crippen LogP contribution < -0.4 is 10.4 Å². The summed E-state index contributed by atoms with van der Waals surface area (Å²) in [6, 6.07) is 10.1. The molecule has 0 saturated heterocycles. The van der Waals surface area contributed by atoms with Crippen LogP contribution in [0.5, 0.6) is 11.5 Å². The standard InChI is InChI=1S/C18H16N4O3/c1-4-13-6-5-7-16(22-18(24)21(3)19-20-22)15(13)11-25-17-9-8-14(23)10-12(17)2/h1,5-10,23H,11H2,2-3H3. The highest BCUT2D eigenvalue weighted by atomic mass is 16.5. The van der Waals surface area contributed by atoms with Crippen molar-refractivity contribution in [1.82, 2.24) is 19.8 Å². The Morgan fingerprint density at radius 3 is 2.72 bits per heavy atom. The molecule has 0 fully saturated rings. The minimum atomic E-state index is -0.378. The summed E-state index contributed by atoms with van der Waals surface area (Å²) < 4.78 is 8.17. The highest BCUT2D eigenvalue weighted by Gasteiger charge is 2.15. The van der Waals surface area contributed by atoms with Gasteiger partial charge in [0, 0.05) is 18.2 Å². The molecule has 0 aliphatic rings. The lowest BCUT2D eigenvalue weighted by molar-refractivity contribution is 0.302. The van der Waals surface area contributed by atoms with Gasteiger partial charge in [0.15, 0.2) is 0 Å². The molecule has 1 aromatic heterocycles. The molecule has 0 aliphatic heterocycles. The van der Waals surface area contributed by atoms with Crippen molar-refractivity contribution in [2.75, 3.05) is 0 Å². The lowest BCUT2D eigenvalue weighted by atomic mass is 10.1. The SMILES string of the molecule is C#Cc1cccc(-n2nnn(C)c2=O)c1COc1ccc(O)cc1C. The van der Waals surface area contributed by atoms with E-state index in [1.165, 1.54) is 11.7 Å². The number of benzene rings is 2. The molecule has 0 amide bonds. The van der Waals surface area contributed by atoms with Gasteiger partial charge in [-0.2, -0.15) is 9.36 Å². The highest BCUT2D eigenvalue weighted by molar-refractivity contribution is 5.51. The number of aromatic hydroxyl groups is 1. The normalized spacial score (nSPS) is 10.4. The van der Waals surface area contributed by atoms with Crippen LogP contribution in [-0.4, -0.2) is 24.9 Å². The molecule has 2 aromatic carbocycles. The van der Waals surface area contributed by atoms with E-state index < -0.39 is 0 Å². The Balaban J connectivity index is 2.01. The monoisotopic (exact) mass is 336 g/mol. The number of tetrazole rings is 1. The molecule has 25 heavy (non-hydrogen) atoms. The topological polar surface area (TPSA) is 82.2 Å². The van der Waals surface area contributed by atoms with Crippen LogP contribution in [-0.2, 0) is 13.7 Å². The van der Waals surface area contributed by atoms with Crippen molar-refractivity contribution in [2.45, 2.75) is 13.5 Å². The van der Waals surface area contributed by atoms with E-state index in [-0.39, 0.29) is 18.0 Å². The molecular weight excluding hydrogens is 320 g/mol. The van der Waals surface area contributed by atoms with Crippen molar-refractivity contribution >= 4 is 0 Å². The molecule has 0 atom stereocenters. The molecular formula is C18H16N4O3. The molecule has 0 unspecified atom stereocenters. The first-order chi connectivity index (χ1) is 12.0. The Morgan fingerprint density at radius 1 is 1.28 bits per heavy atom. The van der Waals surface area contributed by atoms with E-state index in [0.717, 1.165) is 10.2 Å². The summed E-state index contributed by atoms with van der Waals surface area (Å²) in [7, 11) is 1.52. The van der Waals surface area contributed by atoms with E-state index in [0.29, 0.717) is 22.6 Å². The number of rotatable bonds is 4. The van der Waals surface area contributed by atoms with Gasteiger partial charge in [-0.3, -0.25) is 0 Å². The fraction of sp³-hybridized carbons (Fsp3) is 0.167. The van der Waals surface area contributed by atoms with Crippen LogP contribution in [0.25, 0.3) is 5.69 Å². The molecule has 3 rings (SSSR count). The summed E-state index contributed by atoms with van der Waals surface area (Å²) >= 11 is 0. The van der Waals surface area contributed by atoms with Gasteiger partial charge in [0.1, 0.15) is 18.1 Å². The van der Waals surface area contributed by atoms with Gasteiger partial charge in [0.25, 0.3) is 0 Å². The lowest BCUT2D eigenvalue weighted by Gasteiger charge is -2.13. The summed E-state index contributed by atoms with van der Waals surface area (Å²) in [6.07, 6.45) is 5.59. The number of terminal acetylenes is 1. The van der Waals surface area contributed by atoms with Gasteiger partial charge in [-0.1, -0.05) is 12.0 Å². The summed E-state index contributed by atoms with van der Waals surface area (Å²) in [5, 5.41) is 17.1. The second-order valence-corrected chi connectivity index (χ2v) is 5.48. The fourth-order valence-electron chi connectivity index (χ4n) is 2.47. The molecule has 0 spiro atoms. The Labute approximate surface area is 144 Å². The van der Waals surface area contributed by atoms with Crippen molar-refractivity contribution in [3.8, 4) is 29.5 Å². The molecule has 7 nitrogen and oxygen atoms in total. The van der Waals surface area contributed by atoms with Crippen LogP contribution in [0.2, 0.25) is 0 Å². The van der Waals surface area contributed by atoms with Crippen LogP contribution in [0.15, 0.2) is 41.2 Å². The summed E-state index contributed by atoms with van der Waals surface area (Å²) in [5.41, 5.74) is 2.18. The van der Waals surface area contributed by atoms with E-state index >= 15 is 0 Å². The third-order valence-electron chi connectivity index (χ3n) is 3.79. The fourth-order valence-corrected chi connectivity index (χ4v) is 2.47.